The van der Waals surface area contributed by atoms with Crippen LogP contribution < -0.4 is 10.6 Å². The lowest BCUT2D eigenvalue weighted by Gasteiger charge is -2.44. The lowest BCUT2D eigenvalue weighted by Crippen LogP contribution is -2.60. The highest BCUT2D eigenvalue weighted by molar-refractivity contribution is 6.40. The van der Waals surface area contributed by atoms with Crippen LogP contribution in [0.3, 0.4) is 0 Å². The number of aldehydes is 1. The molecule has 0 radical (unpaired) electrons. The molecule has 3 N–H and O–H groups in total. The van der Waals surface area contributed by atoms with E-state index < -0.39 is 108 Å². The first-order chi connectivity index (χ1) is 28.8. The van der Waals surface area contributed by atoms with Gasteiger partial charge in [-0.3, -0.25) is 34.2 Å². The quantitative estimate of drug-likeness (QED) is 0.0649. The SMILES string of the molecule is CCN(C(=O)C(C)=NC(=O)[C@@H]1C[C@@H](F)CN1C(=O)C1(C(F)(F)F)CCC1)[C@H](C=O)CCCCNC(=O)C(C)(C)NC(=O)[C@H](Cc1cc(Cl)ccc1Cl)N(C)C(=O)C(=N)CC(C)C. The van der Waals surface area contributed by atoms with Crippen LogP contribution in [-0.4, -0.2) is 131 Å². The number of alkyl halides is 4. The van der Waals surface area contributed by atoms with E-state index in [0.29, 0.717) is 39.6 Å². The summed E-state index contributed by atoms with van der Waals surface area (Å²) in [6.07, 6.45) is -6.56. The molecule has 1 aliphatic heterocycles. The van der Waals surface area contributed by atoms with E-state index in [0.717, 1.165) is 9.80 Å². The molecule has 1 heterocycles. The summed E-state index contributed by atoms with van der Waals surface area (Å²) < 4.78 is 56.2. The highest BCUT2D eigenvalue weighted by Gasteiger charge is 2.65. The van der Waals surface area contributed by atoms with E-state index in [4.69, 9.17) is 28.6 Å². The molecule has 62 heavy (non-hydrogen) atoms. The number of unbranched alkanes of at least 4 members (excludes halogenated alkanes) is 1. The average molecular weight is 919 g/mol. The van der Waals surface area contributed by atoms with Crippen LogP contribution in [0.15, 0.2) is 23.2 Å². The van der Waals surface area contributed by atoms with Gasteiger partial charge in [0.2, 0.25) is 17.7 Å². The zero-order chi connectivity index (χ0) is 46.9. The number of nitrogens with zero attached hydrogens (tertiary/aromatic N) is 4. The molecule has 0 bridgehead atoms. The molecule has 3 rings (SSSR count). The summed E-state index contributed by atoms with van der Waals surface area (Å²) in [6, 6.07) is 0.898. The lowest BCUT2D eigenvalue weighted by molar-refractivity contribution is -0.248. The van der Waals surface area contributed by atoms with Crippen molar-refractivity contribution in [1.82, 2.24) is 25.3 Å². The third-order valence-electron chi connectivity index (χ3n) is 11.3. The Balaban J connectivity index is 1.61. The number of halogens is 6. The van der Waals surface area contributed by atoms with Crippen LogP contribution in [0.2, 0.25) is 10.0 Å². The van der Waals surface area contributed by atoms with Gasteiger partial charge in [0, 0.05) is 43.0 Å². The number of hydrogen-bond acceptors (Lipinski definition) is 8. The van der Waals surface area contributed by atoms with Crippen molar-refractivity contribution in [3.8, 4) is 0 Å². The molecule has 1 saturated heterocycles. The fourth-order valence-corrected chi connectivity index (χ4v) is 7.89. The van der Waals surface area contributed by atoms with E-state index in [2.05, 4.69) is 15.6 Å². The Morgan fingerprint density at radius 2 is 1.73 bits per heavy atom. The predicted molar refractivity (Wildman–Crippen MR) is 226 cm³/mol. The topological polar surface area (TPSA) is 189 Å². The number of carbonyl (C=O) groups is 7. The Hall–Kier alpha value is -4.45. The summed E-state index contributed by atoms with van der Waals surface area (Å²) in [5, 5.41) is 14.4. The van der Waals surface area contributed by atoms with E-state index >= 15 is 0 Å². The van der Waals surface area contributed by atoms with Gasteiger partial charge in [-0.2, -0.15) is 13.2 Å². The predicted octanol–water partition coefficient (Wildman–Crippen LogP) is 5.69. The third kappa shape index (κ3) is 12.6. The largest absolute Gasteiger partial charge is 0.403 e. The Bertz CT molecular complexity index is 1910. The van der Waals surface area contributed by atoms with E-state index in [1.165, 1.54) is 27.8 Å². The van der Waals surface area contributed by atoms with Crippen molar-refractivity contribution in [2.24, 2.45) is 16.3 Å². The molecule has 1 aromatic carbocycles. The standard InChI is InChI=1S/C42H57Cl2F4N7O7/c1-8-54(36(59)25(4)51-34(57)33-21-28(45)22-55(33)39(62)41(15-11-16-41)42(46,47)48)29(23-56)12-9-10-17-50-38(61)40(5,6)52-35(58)32(20-26-19-27(43)13-14-30(26)44)53(7)37(60)31(49)18-24(2)3/h13-14,19,23-24,28-29,32-33,49H,8-12,15-18,20-22H2,1-7H3,(H,50,61)(H,52,58)/t28-,29+,32+,33+/m1/s1. The number of rotatable bonds is 20. The average Bonchev–Trinajstić information content (AvgIpc) is 3.56. The summed E-state index contributed by atoms with van der Waals surface area (Å²) in [7, 11) is 1.39. The smallest absolute Gasteiger partial charge is 0.354 e. The first-order valence-electron chi connectivity index (χ1n) is 20.6. The van der Waals surface area contributed by atoms with Crippen LogP contribution in [0.25, 0.3) is 0 Å². The summed E-state index contributed by atoms with van der Waals surface area (Å²) in [5.41, 5.74) is -4.29. The third-order valence-corrected chi connectivity index (χ3v) is 11.9. The number of likely N-dealkylation sites (N-methyl/N-ethyl adjacent to an activating group) is 2. The molecular formula is C42H57Cl2F4N7O7. The second-order valence-corrected chi connectivity index (χ2v) is 17.7. The maximum atomic E-state index is 14.5. The Labute approximate surface area is 369 Å². The van der Waals surface area contributed by atoms with Crippen molar-refractivity contribution in [3.05, 3.63) is 33.8 Å². The van der Waals surface area contributed by atoms with Gasteiger partial charge >= 0.3 is 6.18 Å². The minimum absolute atomic E-state index is 0.00672. The molecular weight excluding hydrogens is 861 g/mol. The zero-order valence-electron chi connectivity index (χ0n) is 36.1. The summed E-state index contributed by atoms with van der Waals surface area (Å²) in [4.78, 5) is 98.8. The Kier molecular flexibility index (Phi) is 18.2. The van der Waals surface area contributed by atoms with Crippen molar-refractivity contribution in [2.45, 2.75) is 135 Å². The first-order valence-corrected chi connectivity index (χ1v) is 21.3. The van der Waals surface area contributed by atoms with E-state index in [9.17, 15) is 51.1 Å². The molecule has 2 aliphatic rings. The number of likely N-dealkylation sites (tertiary alicyclic amines) is 1. The molecule has 14 nitrogen and oxygen atoms in total. The molecule has 4 atom stereocenters. The number of amides is 6. The van der Waals surface area contributed by atoms with Crippen LogP contribution in [0, 0.1) is 16.7 Å². The van der Waals surface area contributed by atoms with Crippen LogP contribution in [-0.2, 0) is 40.0 Å². The van der Waals surface area contributed by atoms with E-state index in [-0.39, 0.29) is 50.4 Å². The highest BCUT2D eigenvalue weighted by Crippen LogP contribution is 2.54. The van der Waals surface area contributed by atoms with Crippen molar-refractivity contribution in [2.75, 3.05) is 26.7 Å². The minimum Gasteiger partial charge on any atom is -0.354 e. The van der Waals surface area contributed by atoms with Gasteiger partial charge in [-0.15, -0.1) is 0 Å². The van der Waals surface area contributed by atoms with Crippen molar-refractivity contribution >= 4 is 76.4 Å². The van der Waals surface area contributed by atoms with Gasteiger partial charge in [-0.1, -0.05) is 43.5 Å². The normalized spacial score (nSPS) is 18.6. The molecule has 0 spiro atoms. The lowest BCUT2D eigenvalue weighted by atomic mass is 9.67. The highest BCUT2D eigenvalue weighted by atomic mass is 35.5. The molecule has 6 amide bonds. The molecule has 20 heteroatoms. The molecule has 1 aromatic rings. The van der Waals surface area contributed by atoms with Gasteiger partial charge in [0.25, 0.3) is 17.7 Å². The van der Waals surface area contributed by atoms with Crippen molar-refractivity contribution < 1.29 is 51.1 Å². The maximum absolute atomic E-state index is 14.5. The molecule has 344 valence electrons. The molecule has 1 saturated carbocycles. The van der Waals surface area contributed by atoms with Crippen molar-refractivity contribution in [1.29, 1.82) is 5.41 Å². The molecule has 0 aromatic heterocycles. The number of carbonyl (C=O) groups excluding carboxylic acids is 7. The van der Waals surface area contributed by atoms with E-state index in [1.54, 1.807) is 25.1 Å². The maximum Gasteiger partial charge on any atom is 0.403 e. The number of hydrogen-bond donors (Lipinski definition) is 3. The van der Waals surface area contributed by atoms with Crippen LogP contribution in [0.5, 0.6) is 0 Å². The Morgan fingerprint density at radius 3 is 2.27 bits per heavy atom. The zero-order valence-corrected chi connectivity index (χ0v) is 37.6. The molecule has 0 unspecified atom stereocenters. The van der Waals surface area contributed by atoms with Gasteiger partial charge in [0.15, 0.2) is 0 Å². The van der Waals surface area contributed by atoms with Crippen molar-refractivity contribution in [3.63, 3.8) is 0 Å². The molecule has 2 fully saturated rings. The van der Waals surface area contributed by atoms with E-state index in [1.807, 2.05) is 13.8 Å². The van der Waals surface area contributed by atoms with Gasteiger partial charge in [-0.05, 0) is 95.9 Å². The fraction of sp³-hybridized carbons (Fsp3) is 0.643. The van der Waals surface area contributed by atoms with Gasteiger partial charge in [-0.25, -0.2) is 9.38 Å². The van der Waals surface area contributed by atoms with Crippen LogP contribution >= 0.6 is 23.2 Å². The van der Waals surface area contributed by atoms with Gasteiger partial charge in [0.1, 0.15) is 41.2 Å². The second-order valence-electron chi connectivity index (χ2n) is 16.9. The first kappa shape index (κ1) is 51.9. The molecule has 1 aliphatic carbocycles. The number of nitrogens with one attached hydrogen (secondary N) is 3. The number of aliphatic imine (C=N–C) groups is 1. The van der Waals surface area contributed by atoms with Crippen LogP contribution in [0.1, 0.15) is 98.5 Å². The second kappa shape index (κ2) is 21.8. The fourth-order valence-electron chi connectivity index (χ4n) is 7.50. The monoisotopic (exact) mass is 917 g/mol. The summed E-state index contributed by atoms with van der Waals surface area (Å²) in [6.45, 7) is 8.82. The number of benzene rings is 1. The summed E-state index contributed by atoms with van der Waals surface area (Å²) >= 11 is 12.6. The minimum atomic E-state index is -4.88. The van der Waals surface area contributed by atoms with Gasteiger partial charge in [0.05, 0.1) is 18.3 Å². The van der Waals surface area contributed by atoms with Gasteiger partial charge < -0.3 is 30.1 Å². The summed E-state index contributed by atoms with van der Waals surface area (Å²) in [5.74, 6) is -5.24. The Morgan fingerprint density at radius 1 is 1.08 bits per heavy atom. The van der Waals surface area contributed by atoms with Crippen LogP contribution in [0.4, 0.5) is 17.6 Å².